The van der Waals surface area contributed by atoms with Crippen LogP contribution in [0.3, 0.4) is 0 Å². The van der Waals surface area contributed by atoms with Gasteiger partial charge in [-0.3, -0.25) is 0 Å². The summed E-state index contributed by atoms with van der Waals surface area (Å²) in [5, 5.41) is 18.0. The summed E-state index contributed by atoms with van der Waals surface area (Å²) in [5.41, 5.74) is 1.93. The lowest BCUT2D eigenvalue weighted by Gasteiger charge is -2.14. The van der Waals surface area contributed by atoms with Crippen LogP contribution in [-0.2, 0) is 0 Å². The lowest BCUT2D eigenvalue weighted by molar-refractivity contribution is 0.190. The predicted molar refractivity (Wildman–Crippen MR) is 66.8 cm³/mol. The lowest BCUT2D eigenvalue weighted by atomic mass is 10.1. The molecule has 3 heteroatoms. The van der Waals surface area contributed by atoms with Gasteiger partial charge >= 0.3 is 0 Å². The molecule has 0 radical (unpaired) electrons. The highest BCUT2D eigenvalue weighted by atomic mass is 16.5. The van der Waals surface area contributed by atoms with E-state index in [-0.39, 0.29) is 0 Å². The third kappa shape index (κ3) is 4.46. The van der Waals surface area contributed by atoms with Crippen LogP contribution in [0.4, 0.5) is 0 Å². The maximum Gasteiger partial charge on any atom is 0.125 e. The molecular weight excluding hydrogens is 214 g/mol. The second-order valence-corrected chi connectivity index (χ2v) is 4.18. The van der Waals surface area contributed by atoms with Crippen LogP contribution >= 0.6 is 0 Å². The summed E-state index contributed by atoms with van der Waals surface area (Å²) in [6.07, 6.45) is 1.76. The number of nitrogens with zero attached hydrogens (tertiary/aromatic N) is 1. The molecule has 1 aromatic rings. The van der Waals surface area contributed by atoms with E-state index in [1.54, 1.807) is 6.92 Å². The Hall–Kier alpha value is -1.53. The molecule has 0 heterocycles. The number of aliphatic hydroxyl groups excluding tert-OH is 1. The molecule has 0 unspecified atom stereocenters. The summed E-state index contributed by atoms with van der Waals surface area (Å²) in [7, 11) is 0. The molecule has 0 saturated carbocycles. The Kier molecular flexibility index (Phi) is 5.51. The number of hydrogen-bond donors (Lipinski definition) is 1. The SMILES string of the molecule is Cc1ccc([C@@H](C)O)c(OCCCCC#N)c1. The fourth-order valence-electron chi connectivity index (χ4n) is 1.60. The van der Waals surface area contributed by atoms with Crippen molar-refractivity contribution in [2.24, 2.45) is 0 Å². The first-order valence-electron chi connectivity index (χ1n) is 5.93. The smallest absolute Gasteiger partial charge is 0.125 e. The summed E-state index contributed by atoms with van der Waals surface area (Å²) in [6, 6.07) is 7.90. The van der Waals surface area contributed by atoms with Crippen LogP contribution in [0.5, 0.6) is 5.75 Å². The third-order valence-corrected chi connectivity index (χ3v) is 2.56. The average molecular weight is 233 g/mol. The van der Waals surface area contributed by atoms with E-state index in [9.17, 15) is 5.11 Å². The minimum Gasteiger partial charge on any atom is -0.493 e. The standard InChI is InChI=1S/C14H19NO2/c1-11-6-7-13(12(2)16)14(10-11)17-9-5-3-4-8-15/h6-7,10,12,16H,3-5,9H2,1-2H3/t12-/m1/s1. The summed E-state index contributed by atoms with van der Waals surface area (Å²) in [4.78, 5) is 0. The van der Waals surface area contributed by atoms with Crippen LogP contribution in [0.1, 0.15) is 43.4 Å². The van der Waals surface area contributed by atoms with E-state index >= 15 is 0 Å². The van der Waals surface area contributed by atoms with Crippen LogP contribution in [0, 0.1) is 18.3 Å². The second kappa shape index (κ2) is 6.93. The topological polar surface area (TPSA) is 53.2 Å². The first kappa shape index (κ1) is 13.5. The van der Waals surface area contributed by atoms with Crippen molar-refractivity contribution in [2.45, 2.75) is 39.2 Å². The largest absolute Gasteiger partial charge is 0.493 e. The van der Waals surface area contributed by atoms with Crippen molar-refractivity contribution in [3.8, 4) is 11.8 Å². The molecular formula is C14H19NO2. The van der Waals surface area contributed by atoms with Gasteiger partial charge in [0.1, 0.15) is 5.75 Å². The fraction of sp³-hybridized carbons (Fsp3) is 0.500. The minimum atomic E-state index is -0.523. The van der Waals surface area contributed by atoms with Crippen LogP contribution in [-0.4, -0.2) is 11.7 Å². The van der Waals surface area contributed by atoms with E-state index in [0.717, 1.165) is 29.7 Å². The highest BCUT2D eigenvalue weighted by Crippen LogP contribution is 2.26. The van der Waals surface area contributed by atoms with Gasteiger partial charge in [0.2, 0.25) is 0 Å². The van der Waals surface area contributed by atoms with E-state index in [1.807, 2.05) is 25.1 Å². The number of hydrogen-bond acceptors (Lipinski definition) is 3. The number of aryl methyl sites for hydroxylation is 1. The van der Waals surface area contributed by atoms with Gasteiger partial charge in [-0.25, -0.2) is 0 Å². The molecule has 92 valence electrons. The maximum absolute atomic E-state index is 9.61. The van der Waals surface area contributed by atoms with Gasteiger partial charge in [0.15, 0.2) is 0 Å². The zero-order chi connectivity index (χ0) is 12.7. The molecule has 1 atom stereocenters. The molecule has 0 amide bonds. The van der Waals surface area contributed by atoms with Gasteiger partial charge in [0, 0.05) is 12.0 Å². The normalized spacial score (nSPS) is 11.9. The van der Waals surface area contributed by atoms with Crippen molar-refractivity contribution in [2.75, 3.05) is 6.61 Å². The fourth-order valence-corrected chi connectivity index (χ4v) is 1.60. The first-order chi connectivity index (χ1) is 8.15. The van der Waals surface area contributed by atoms with Crippen molar-refractivity contribution in [1.29, 1.82) is 5.26 Å². The number of rotatable bonds is 6. The van der Waals surface area contributed by atoms with Gasteiger partial charge in [-0.05, 0) is 38.3 Å². The van der Waals surface area contributed by atoms with Gasteiger partial charge < -0.3 is 9.84 Å². The Labute approximate surface area is 103 Å². The Morgan fingerprint density at radius 1 is 1.41 bits per heavy atom. The number of nitriles is 1. The summed E-state index contributed by atoms with van der Waals surface area (Å²) in [5.74, 6) is 0.747. The van der Waals surface area contributed by atoms with Crippen molar-refractivity contribution < 1.29 is 9.84 Å². The van der Waals surface area contributed by atoms with Gasteiger partial charge in [0.25, 0.3) is 0 Å². The number of unbranched alkanes of at least 4 members (excludes halogenated alkanes) is 2. The van der Waals surface area contributed by atoms with Gasteiger partial charge in [-0.15, -0.1) is 0 Å². The highest BCUT2D eigenvalue weighted by Gasteiger charge is 2.08. The molecule has 1 rings (SSSR count). The molecule has 3 nitrogen and oxygen atoms in total. The van der Waals surface area contributed by atoms with Crippen LogP contribution in [0.15, 0.2) is 18.2 Å². The second-order valence-electron chi connectivity index (χ2n) is 4.18. The first-order valence-corrected chi connectivity index (χ1v) is 5.93. The molecule has 0 spiro atoms. The van der Waals surface area contributed by atoms with Gasteiger partial charge in [-0.2, -0.15) is 5.26 Å². The van der Waals surface area contributed by atoms with E-state index < -0.39 is 6.10 Å². The molecule has 0 aliphatic rings. The zero-order valence-corrected chi connectivity index (χ0v) is 10.4. The molecule has 17 heavy (non-hydrogen) atoms. The summed E-state index contributed by atoms with van der Waals surface area (Å²) >= 11 is 0. The van der Waals surface area contributed by atoms with Gasteiger partial charge in [-0.1, -0.05) is 12.1 Å². The van der Waals surface area contributed by atoms with Gasteiger partial charge in [0.05, 0.1) is 18.8 Å². The molecule has 0 saturated heterocycles. The highest BCUT2D eigenvalue weighted by molar-refractivity contribution is 5.38. The number of ether oxygens (including phenoxy) is 1. The molecule has 1 N–H and O–H groups in total. The van der Waals surface area contributed by atoms with E-state index in [1.165, 1.54) is 0 Å². The van der Waals surface area contributed by atoms with Crippen LogP contribution in [0.2, 0.25) is 0 Å². The Morgan fingerprint density at radius 3 is 2.82 bits per heavy atom. The molecule has 0 bridgehead atoms. The molecule has 0 aliphatic carbocycles. The molecule has 0 fully saturated rings. The van der Waals surface area contributed by atoms with E-state index in [4.69, 9.17) is 10.00 Å². The molecule has 0 aromatic heterocycles. The van der Waals surface area contributed by atoms with E-state index in [0.29, 0.717) is 13.0 Å². The Balaban J connectivity index is 2.57. The minimum absolute atomic E-state index is 0.523. The van der Waals surface area contributed by atoms with Crippen molar-refractivity contribution >= 4 is 0 Å². The quantitative estimate of drug-likeness (QED) is 0.768. The molecule has 1 aromatic carbocycles. The zero-order valence-electron chi connectivity index (χ0n) is 10.4. The Morgan fingerprint density at radius 2 is 2.18 bits per heavy atom. The number of benzene rings is 1. The molecule has 0 aliphatic heterocycles. The third-order valence-electron chi connectivity index (χ3n) is 2.56. The van der Waals surface area contributed by atoms with Crippen molar-refractivity contribution in [1.82, 2.24) is 0 Å². The Bertz CT molecular complexity index is 394. The number of aliphatic hydroxyl groups is 1. The van der Waals surface area contributed by atoms with Crippen LogP contribution in [0.25, 0.3) is 0 Å². The monoisotopic (exact) mass is 233 g/mol. The average Bonchev–Trinajstić information content (AvgIpc) is 2.28. The lowest BCUT2D eigenvalue weighted by Crippen LogP contribution is -2.02. The van der Waals surface area contributed by atoms with Crippen molar-refractivity contribution in [3.05, 3.63) is 29.3 Å². The predicted octanol–water partition coefficient (Wildman–Crippen LogP) is 3.12. The van der Waals surface area contributed by atoms with Crippen LogP contribution < -0.4 is 4.74 Å². The summed E-state index contributed by atoms with van der Waals surface area (Å²) < 4.78 is 5.66. The van der Waals surface area contributed by atoms with Crippen molar-refractivity contribution in [3.63, 3.8) is 0 Å². The van der Waals surface area contributed by atoms with E-state index in [2.05, 4.69) is 6.07 Å². The summed E-state index contributed by atoms with van der Waals surface area (Å²) in [6.45, 7) is 4.31. The maximum atomic E-state index is 9.61.